The number of rotatable bonds is 2. The summed E-state index contributed by atoms with van der Waals surface area (Å²) in [6, 6.07) is 0. The topological polar surface area (TPSA) is 0 Å². The third-order valence-electron chi connectivity index (χ3n) is 1.28. The van der Waals surface area contributed by atoms with E-state index in [0.717, 1.165) is 0 Å². The van der Waals surface area contributed by atoms with Gasteiger partial charge in [-0.2, -0.15) is 0 Å². The SMILES string of the molecule is CCBCC(C)(C)C. The van der Waals surface area contributed by atoms with Crippen LogP contribution in [0.25, 0.3) is 0 Å². The van der Waals surface area contributed by atoms with Gasteiger partial charge in [-0.05, 0) is 5.41 Å². The van der Waals surface area contributed by atoms with Crippen molar-refractivity contribution in [2.75, 3.05) is 0 Å². The fraction of sp³-hybridized carbons (Fsp3) is 1.00. The van der Waals surface area contributed by atoms with Crippen molar-refractivity contribution in [3.63, 3.8) is 0 Å². The van der Waals surface area contributed by atoms with Gasteiger partial charge in [-0.1, -0.05) is 40.3 Å². The highest BCUT2D eigenvalue weighted by Gasteiger charge is 2.08. The summed E-state index contributed by atoms with van der Waals surface area (Å²) in [5.41, 5.74) is 0.552. The van der Waals surface area contributed by atoms with Crippen molar-refractivity contribution in [3.8, 4) is 0 Å². The van der Waals surface area contributed by atoms with Crippen LogP contribution in [-0.4, -0.2) is 7.28 Å². The van der Waals surface area contributed by atoms with E-state index in [9.17, 15) is 0 Å². The third kappa shape index (κ3) is 6.06. The molecule has 0 aromatic rings. The predicted molar refractivity (Wildman–Crippen MR) is 41.9 cm³/mol. The van der Waals surface area contributed by atoms with Gasteiger partial charge in [-0.3, -0.25) is 0 Å². The summed E-state index contributed by atoms with van der Waals surface area (Å²) in [5.74, 6) is 0. The molecule has 0 aromatic heterocycles. The highest BCUT2D eigenvalue weighted by molar-refractivity contribution is 6.35. The van der Waals surface area contributed by atoms with Crippen LogP contribution < -0.4 is 0 Å². The fourth-order valence-corrected chi connectivity index (χ4v) is 0.707. The maximum Gasteiger partial charge on any atom is 0.120 e. The van der Waals surface area contributed by atoms with Crippen LogP contribution in [-0.2, 0) is 0 Å². The first-order valence-corrected chi connectivity index (χ1v) is 3.56. The molecule has 0 bridgehead atoms. The minimum Gasteiger partial charge on any atom is -0.0802 e. The Hall–Kier alpha value is 0.0649. The van der Waals surface area contributed by atoms with Crippen LogP contribution in [0.4, 0.5) is 0 Å². The summed E-state index contributed by atoms with van der Waals surface area (Å²) >= 11 is 0. The Morgan fingerprint density at radius 3 is 1.88 bits per heavy atom. The molecule has 0 radical (unpaired) electrons. The van der Waals surface area contributed by atoms with E-state index in [1.54, 1.807) is 0 Å². The van der Waals surface area contributed by atoms with Gasteiger partial charge >= 0.3 is 0 Å². The van der Waals surface area contributed by atoms with Gasteiger partial charge in [0.2, 0.25) is 0 Å². The van der Waals surface area contributed by atoms with Crippen LogP contribution in [0.2, 0.25) is 12.6 Å². The molecular weight excluding hydrogens is 94.9 g/mol. The molecule has 1 heteroatoms. The van der Waals surface area contributed by atoms with Crippen molar-refractivity contribution in [2.45, 2.75) is 40.3 Å². The molecule has 8 heavy (non-hydrogen) atoms. The molecule has 0 saturated heterocycles. The van der Waals surface area contributed by atoms with Gasteiger partial charge in [-0.15, -0.1) is 0 Å². The Balaban J connectivity index is 3.11. The molecule has 0 aliphatic rings. The first-order chi connectivity index (χ1) is 3.56. The second-order valence-corrected chi connectivity index (χ2v) is 3.66. The Kier molecular flexibility index (Phi) is 3.19. The van der Waals surface area contributed by atoms with Crippen LogP contribution in [0, 0.1) is 5.41 Å². The maximum absolute atomic E-state index is 2.29. The molecule has 0 aromatic carbocycles. The standard InChI is InChI=1S/C7H17B/c1-5-8-6-7(2,3)4/h8H,5-6H2,1-4H3. The molecule has 0 heterocycles. The average Bonchev–Trinajstić information content (AvgIpc) is 1.59. The highest BCUT2D eigenvalue weighted by atomic mass is 14.1. The molecule has 0 saturated carbocycles. The highest BCUT2D eigenvalue weighted by Crippen LogP contribution is 2.18. The second-order valence-electron chi connectivity index (χ2n) is 3.66. The molecule has 0 unspecified atom stereocenters. The molecule has 0 amide bonds. The summed E-state index contributed by atoms with van der Waals surface area (Å²) < 4.78 is 0. The van der Waals surface area contributed by atoms with Gasteiger partial charge in [0.05, 0.1) is 0 Å². The molecule has 0 aliphatic carbocycles. The quantitative estimate of drug-likeness (QED) is 0.481. The summed E-state index contributed by atoms with van der Waals surface area (Å²) in [7, 11) is 1.38. The minimum atomic E-state index is 0.552. The normalized spacial score (nSPS) is 11.5. The second kappa shape index (κ2) is 3.16. The van der Waals surface area contributed by atoms with E-state index >= 15 is 0 Å². The molecule has 0 fully saturated rings. The zero-order chi connectivity index (χ0) is 6.62. The van der Waals surface area contributed by atoms with Gasteiger partial charge in [0.25, 0.3) is 0 Å². The van der Waals surface area contributed by atoms with E-state index in [-0.39, 0.29) is 0 Å². The van der Waals surface area contributed by atoms with E-state index in [1.165, 1.54) is 19.9 Å². The lowest BCUT2D eigenvalue weighted by Crippen LogP contribution is -2.07. The summed E-state index contributed by atoms with van der Waals surface area (Å²) in [5, 5.41) is 0. The van der Waals surface area contributed by atoms with Crippen molar-refractivity contribution >= 4 is 7.28 Å². The van der Waals surface area contributed by atoms with Crippen molar-refractivity contribution in [1.82, 2.24) is 0 Å². The summed E-state index contributed by atoms with van der Waals surface area (Å²) in [4.78, 5) is 0. The van der Waals surface area contributed by atoms with Crippen molar-refractivity contribution in [2.24, 2.45) is 5.41 Å². The van der Waals surface area contributed by atoms with Gasteiger partial charge in [-0.25, -0.2) is 0 Å². The first kappa shape index (κ1) is 8.06. The molecule has 0 spiro atoms. The van der Waals surface area contributed by atoms with E-state index in [2.05, 4.69) is 27.7 Å². The first-order valence-electron chi connectivity index (χ1n) is 3.56. The van der Waals surface area contributed by atoms with Crippen LogP contribution in [0.1, 0.15) is 27.7 Å². The van der Waals surface area contributed by atoms with E-state index in [4.69, 9.17) is 0 Å². The van der Waals surface area contributed by atoms with E-state index in [1.807, 2.05) is 0 Å². The van der Waals surface area contributed by atoms with Gasteiger partial charge in [0.1, 0.15) is 7.28 Å². The number of hydrogen-bond acceptors (Lipinski definition) is 0. The Labute approximate surface area is 53.9 Å². The van der Waals surface area contributed by atoms with Crippen LogP contribution in [0.3, 0.4) is 0 Å². The minimum absolute atomic E-state index is 0.552. The van der Waals surface area contributed by atoms with Gasteiger partial charge in [0.15, 0.2) is 0 Å². The van der Waals surface area contributed by atoms with Crippen LogP contribution in [0.5, 0.6) is 0 Å². The van der Waals surface area contributed by atoms with Crippen LogP contribution in [0.15, 0.2) is 0 Å². The van der Waals surface area contributed by atoms with E-state index in [0.29, 0.717) is 5.41 Å². The summed E-state index contributed by atoms with van der Waals surface area (Å²) in [6.07, 6.45) is 2.70. The molecule has 0 aliphatic heterocycles. The Morgan fingerprint density at radius 2 is 1.75 bits per heavy atom. The molecule has 0 nitrogen and oxygen atoms in total. The molecule has 0 rings (SSSR count). The zero-order valence-corrected chi connectivity index (χ0v) is 6.62. The third-order valence-corrected chi connectivity index (χ3v) is 1.28. The molecule has 0 atom stereocenters. The predicted octanol–water partition coefficient (Wildman–Crippen LogP) is 2.33. The van der Waals surface area contributed by atoms with Crippen molar-refractivity contribution in [1.29, 1.82) is 0 Å². The number of hydrogen-bond donors (Lipinski definition) is 0. The molecule has 0 N–H and O–H groups in total. The lowest BCUT2D eigenvalue weighted by molar-refractivity contribution is 0.466. The maximum atomic E-state index is 2.29. The average molecular weight is 112 g/mol. The zero-order valence-electron chi connectivity index (χ0n) is 6.62. The largest absolute Gasteiger partial charge is 0.120 e. The molecular formula is C7H17B. The Bertz CT molecular complexity index is 51.9. The lowest BCUT2D eigenvalue weighted by atomic mass is 9.63. The smallest absolute Gasteiger partial charge is 0.0802 e. The van der Waals surface area contributed by atoms with Crippen LogP contribution >= 0.6 is 0 Å². The monoisotopic (exact) mass is 112 g/mol. The molecule has 48 valence electrons. The van der Waals surface area contributed by atoms with Crippen molar-refractivity contribution < 1.29 is 0 Å². The van der Waals surface area contributed by atoms with E-state index < -0.39 is 0 Å². The lowest BCUT2D eigenvalue weighted by Gasteiger charge is -2.15. The Morgan fingerprint density at radius 1 is 1.25 bits per heavy atom. The van der Waals surface area contributed by atoms with Gasteiger partial charge in [0, 0.05) is 0 Å². The van der Waals surface area contributed by atoms with Crippen molar-refractivity contribution in [3.05, 3.63) is 0 Å². The van der Waals surface area contributed by atoms with Gasteiger partial charge < -0.3 is 0 Å². The fourth-order valence-electron chi connectivity index (χ4n) is 0.707. The summed E-state index contributed by atoms with van der Waals surface area (Å²) in [6.45, 7) is 9.12.